The van der Waals surface area contributed by atoms with E-state index in [4.69, 9.17) is 19.4 Å². The number of fused-ring (bicyclic) bond motifs is 2. The zero-order valence-electron chi connectivity index (χ0n) is 41.8. The summed E-state index contributed by atoms with van der Waals surface area (Å²) >= 11 is 0. The van der Waals surface area contributed by atoms with Gasteiger partial charge in [-0.25, -0.2) is 28.3 Å². The van der Waals surface area contributed by atoms with Crippen molar-refractivity contribution in [1.82, 2.24) is 40.4 Å². The number of imidazole rings is 2. The third-order valence-electron chi connectivity index (χ3n) is 15.3. The summed E-state index contributed by atoms with van der Waals surface area (Å²) in [6.45, 7) is 8.07. The second-order valence-electron chi connectivity index (χ2n) is 20.5. The Labute approximate surface area is 419 Å². The molecule has 21 heteroatoms. The SMILES string of the molecule is COC(=O)NC(C(=O)N1CCC[C@H]1c1nc2cc([C@H]3CC[C@H](c4ccc5[nH]c([C@@H]6CCCN6C(=O)[C@@H](NC(=O)OC)C(C)C)nc5c4)N3c3cc(F)c(N4CCC(C(F)(F)F)CC4)c(F)c3)ccc2[nH]1)C(C)C. The van der Waals surface area contributed by atoms with Gasteiger partial charge in [-0.2, -0.15) is 13.2 Å². The highest BCUT2D eigenvalue weighted by molar-refractivity contribution is 5.88. The highest BCUT2D eigenvalue weighted by atomic mass is 19.4. The van der Waals surface area contributed by atoms with Crippen molar-refractivity contribution in [2.45, 2.75) is 121 Å². The molecule has 4 aliphatic rings. The van der Waals surface area contributed by atoms with E-state index in [2.05, 4.69) is 20.6 Å². The van der Waals surface area contributed by atoms with E-state index in [1.165, 1.54) is 31.3 Å². The van der Waals surface area contributed by atoms with Crippen LogP contribution in [0.25, 0.3) is 22.1 Å². The molecule has 0 bridgehead atoms. The molecule has 6 heterocycles. The van der Waals surface area contributed by atoms with Crippen molar-refractivity contribution in [1.29, 1.82) is 0 Å². The molecule has 6 atom stereocenters. The number of carbonyl (C=O) groups excluding carboxylic acids is 4. The van der Waals surface area contributed by atoms with Gasteiger partial charge in [0, 0.05) is 31.9 Å². The molecule has 4 aliphatic heterocycles. The molecule has 4 fully saturated rings. The van der Waals surface area contributed by atoms with Gasteiger partial charge < -0.3 is 49.7 Å². The number of nitrogens with zero attached hydrogens (tertiary/aromatic N) is 6. The van der Waals surface area contributed by atoms with Crippen LogP contribution in [0.5, 0.6) is 0 Å². The number of anilines is 2. The Hall–Kier alpha value is -6.67. The number of ether oxygens (including phenoxy) is 2. The summed E-state index contributed by atoms with van der Waals surface area (Å²) in [5, 5.41) is 5.36. The molecule has 2 aromatic heterocycles. The molecule has 73 heavy (non-hydrogen) atoms. The number of alkyl carbamates (subject to hydrolysis) is 2. The number of hydrogen-bond acceptors (Lipinski definition) is 10. The van der Waals surface area contributed by atoms with E-state index in [1.807, 2.05) is 69.0 Å². The molecule has 4 amide bonds. The van der Waals surface area contributed by atoms with Gasteiger partial charge in [0.2, 0.25) is 11.8 Å². The maximum absolute atomic E-state index is 16.5. The van der Waals surface area contributed by atoms with Gasteiger partial charge in [-0.1, -0.05) is 39.8 Å². The van der Waals surface area contributed by atoms with Crippen LogP contribution in [0.15, 0.2) is 48.5 Å². The summed E-state index contributed by atoms with van der Waals surface area (Å²) in [5.74, 6) is -3.00. The third-order valence-corrected chi connectivity index (χ3v) is 15.3. The first-order valence-corrected chi connectivity index (χ1v) is 25.2. The van der Waals surface area contributed by atoms with Gasteiger partial charge in [0.1, 0.15) is 29.4 Å². The van der Waals surface area contributed by atoms with Crippen molar-refractivity contribution in [2.24, 2.45) is 17.8 Å². The van der Waals surface area contributed by atoms with Crippen LogP contribution in [0.2, 0.25) is 0 Å². The Kier molecular flexibility index (Phi) is 14.5. The van der Waals surface area contributed by atoms with Crippen molar-refractivity contribution < 1.29 is 50.6 Å². The summed E-state index contributed by atoms with van der Waals surface area (Å²) in [4.78, 5) is 75.9. The molecule has 0 radical (unpaired) electrons. The van der Waals surface area contributed by atoms with E-state index >= 15 is 8.78 Å². The molecular weight excluding hydrogens is 956 g/mol. The summed E-state index contributed by atoms with van der Waals surface area (Å²) in [6.07, 6.45) is -2.41. The lowest BCUT2D eigenvalue weighted by molar-refractivity contribution is -0.179. The smallest absolute Gasteiger partial charge is 0.407 e. The standard InChI is InChI=1S/C52H63F5N10O6/c1-27(2)43(62-50(70)72-5)48(68)65-19-7-9-41(65)46-58-35-13-11-29(23-37(35)60-46)39-15-16-40(67(39)32-25-33(53)45(34(54)26-32)64-21-17-31(18-22-64)52(55,56)57)30-12-14-36-38(24-30)61-47(59-36)42-10-8-20-66(42)49(69)44(28(3)4)63-51(71)73-6/h11-14,23-28,31,39-44H,7-10,15-22H2,1-6H3,(H,58,60)(H,59,61)(H,62,70)(H,63,71)/t39-,40-,41+,42+,43+,44?/m1/s1. The minimum absolute atomic E-state index is 0.144. The molecule has 0 aliphatic carbocycles. The van der Waals surface area contributed by atoms with Crippen molar-refractivity contribution in [3.8, 4) is 0 Å². The van der Waals surface area contributed by atoms with E-state index < -0.39 is 60.1 Å². The number of halogens is 5. The van der Waals surface area contributed by atoms with Crippen molar-refractivity contribution in [3.05, 3.63) is 82.9 Å². The minimum atomic E-state index is -4.39. The number of aromatic nitrogens is 4. The van der Waals surface area contributed by atoms with Gasteiger partial charge in [0.25, 0.3) is 0 Å². The first kappa shape index (κ1) is 51.2. The fourth-order valence-electron chi connectivity index (χ4n) is 11.5. The van der Waals surface area contributed by atoms with E-state index in [-0.39, 0.29) is 73.0 Å². The molecule has 5 aromatic rings. The third kappa shape index (κ3) is 10.2. The van der Waals surface area contributed by atoms with E-state index in [0.29, 0.717) is 61.5 Å². The molecule has 4 saturated heterocycles. The fourth-order valence-corrected chi connectivity index (χ4v) is 11.5. The lowest BCUT2D eigenvalue weighted by atomic mass is 9.95. The van der Waals surface area contributed by atoms with Gasteiger partial charge >= 0.3 is 18.4 Å². The average Bonchev–Trinajstić information content (AvgIpc) is 4.22. The number of H-pyrrole nitrogens is 2. The Morgan fingerprint density at radius 2 is 1.07 bits per heavy atom. The van der Waals surface area contributed by atoms with Gasteiger partial charge in [0.15, 0.2) is 11.6 Å². The topological polar surface area (TPSA) is 181 Å². The number of benzene rings is 3. The Morgan fingerprint density at radius 1 is 0.630 bits per heavy atom. The predicted octanol–water partition coefficient (Wildman–Crippen LogP) is 9.67. The number of rotatable bonds is 12. The van der Waals surface area contributed by atoms with Crippen LogP contribution in [-0.4, -0.2) is 112 Å². The second kappa shape index (κ2) is 20.7. The molecule has 4 N–H and O–H groups in total. The number of amides is 4. The van der Waals surface area contributed by atoms with Gasteiger partial charge in [-0.15, -0.1) is 0 Å². The number of aromatic amines is 2. The monoisotopic (exact) mass is 1020 g/mol. The first-order valence-electron chi connectivity index (χ1n) is 25.2. The minimum Gasteiger partial charge on any atom is -0.453 e. The number of likely N-dealkylation sites (tertiary alicyclic amines) is 2. The lowest BCUT2D eigenvalue weighted by Crippen LogP contribution is -2.51. The number of methoxy groups -OCH3 is 2. The molecule has 9 rings (SSSR count). The Bertz CT molecular complexity index is 2690. The summed E-state index contributed by atoms with van der Waals surface area (Å²) in [7, 11) is 2.49. The van der Waals surface area contributed by atoms with Gasteiger partial charge in [-0.3, -0.25) is 9.59 Å². The summed E-state index contributed by atoms with van der Waals surface area (Å²) < 4.78 is 83.3. The molecular formula is C52H63F5N10O6. The van der Waals surface area contributed by atoms with Gasteiger partial charge in [0.05, 0.1) is 66.4 Å². The molecule has 1 unspecified atom stereocenters. The second-order valence-corrected chi connectivity index (χ2v) is 20.5. The van der Waals surface area contributed by atoms with Crippen LogP contribution in [0.4, 0.5) is 42.9 Å². The maximum Gasteiger partial charge on any atom is 0.407 e. The number of hydrogen-bond donors (Lipinski definition) is 4. The summed E-state index contributed by atoms with van der Waals surface area (Å²) in [6, 6.07) is 10.9. The normalized spacial score (nSPS) is 21.7. The van der Waals surface area contributed by atoms with Gasteiger partial charge in [-0.05, 0) is 111 Å². The largest absolute Gasteiger partial charge is 0.453 e. The Balaban J connectivity index is 1.04. The number of piperidine rings is 1. The summed E-state index contributed by atoms with van der Waals surface area (Å²) in [5.41, 5.74) is 4.26. The van der Waals surface area contributed by atoms with Crippen LogP contribution in [-0.2, 0) is 19.1 Å². The van der Waals surface area contributed by atoms with Crippen molar-refractivity contribution in [3.63, 3.8) is 0 Å². The lowest BCUT2D eigenvalue weighted by Gasteiger charge is -2.36. The van der Waals surface area contributed by atoms with Crippen LogP contribution >= 0.6 is 0 Å². The number of carbonyl (C=O) groups is 4. The molecule has 0 saturated carbocycles. The molecule has 392 valence electrons. The fraction of sp³-hybridized carbons (Fsp3) is 0.538. The quantitative estimate of drug-likeness (QED) is 0.0879. The van der Waals surface area contributed by atoms with Crippen LogP contribution in [0.3, 0.4) is 0 Å². The van der Waals surface area contributed by atoms with Crippen LogP contribution in [0, 0.1) is 29.4 Å². The predicted molar refractivity (Wildman–Crippen MR) is 262 cm³/mol. The zero-order valence-corrected chi connectivity index (χ0v) is 41.8. The zero-order chi connectivity index (χ0) is 52.0. The van der Waals surface area contributed by atoms with Crippen LogP contribution < -0.4 is 20.4 Å². The van der Waals surface area contributed by atoms with Crippen LogP contribution in [0.1, 0.15) is 126 Å². The first-order chi connectivity index (χ1) is 34.8. The van der Waals surface area contributed by atoms with E-state index in [0.717, 1.165) is 35.0 Å². The van der Waals surface area contributed by atoms with Crippen molar-refractivity contribution in [2.75, 3.05) is 50.2 Å². The van der Waals surface area contributed by atoms with E-state index in [9.17, 15) is 32.3 Å². The van der Waals surface area contributed by atoms with Crippen molar-refractivity contribution >= 4 is 57.4 Å². The van der Waals surface area contributed by atoms with E-state index in [1.54, 1.807) is 9.80 Å². The molecule has 3 aromatic carbocycles. The average molecular weight is 1020 g/mol. The maximum atomic E-state index is 16.5. The molecule has 16 nitrogen and oxygen atoms in total. The number of nitrogens with one attached hydrogen (secondary N) is 4. The molecule has 0 spiro atoms. The Morgan fingerprint density at radius 3 is 1.47 bits per heavy atom. The number of alkyl halides is 3. The highest BCUT2D eigenvalue weighted by Gasteiger charge is 2.44. The highest BCUT2D eigenvalue weighted by Crippen LogP contribution is 2.49.